The molecular formula is C20H21N5O2S3. The van der Waals surface area contributed by atoms with Gasteiger partial charge in [0.05, 0.1) is 16.7 Å². The number of thiophene rings is 2. The zero-order valence-electron chi connectivity index (χ0n) is 16.2. The van der Waals surface area contributed by atoms with Crippen molar-refractivity contribution in [3.05, 3.63) is 26.4 Å². The minimum Gasteiger partial charge on any atom is -0.383 e. The number of thioether (sulfide) groups is 1. The monoisotopic (exact) mass is 459 g/mol. The summed E-state index contributed by atoms with van der Waals surface area (Å²) in [6.45, 7) is 0. The SMILES string of the molecule is NC(=O)c1c(NC(=O)CSc2nc(N)c3c4c(sc3n2)CCCC4)sc2c1CCC2. The first-order valence-corrected chi connectivity index (χ1v) is 12.6. The van der Waals surface area contributed by atoms with Gasteiger partial charge >= 0.3 is 0 Å². The molecule has 7 nitrogen and oxygen atoms in total. The van der Waals surface area contributed by atoms with Crippen LogP contribution in [-0.4, -0.2) is 27.5 Å². The number of carbonyl (C=O) groups excluding carboxylic acids is 2. The Balaban J connectivity index is 1.31. The molecule has 0 radical (unpaired) electrons. The second-order valence-corrected chi connectivity index (χ2v) is 10.7. The molecular weight excluding hydrogens is 438 g/mol. The van der Waals surface area contributed by atoms with Gasteiger partial charge in [0.25, 0.3) is 5.91 Å². The molecule has 2 amide bonds. The Kier molecular flexibility index (Phi) is 5.16. The number of nitrogen functional groups attached to an aromatic ring is 1. The van der Waals surface area contributed by atoms with Crippen molar-refractivity contribution < 1.29 is 9.59 Å². The third kappa shape index (κ3) is 3.46. The fraction of sp³-hybridized carbons (Fsp3) is 0.400. The van der Waals surface area contributed by atoms with Crippen molar-refractivity contribution in [1.82, 2.24) is 9.97 Å². The van der Waals surface area contributed by atoms with Gasteiger partial charge in [0.15, 0.2) is 5.16 Å². The number of carbonyl (C=O) groups is 2. The smallest absolute Gasteiger partial charge is 0.251 e. The lowest BCUT2D eigenvalue weighted by atomic mass is 9.97. The van der Waals surface area contributed by atoms with Crippen molar-refractivity contribution in [2.45, 2.75) is 50.1 Å². The number of primary amides is 1. The van der Waals surface area contributed by atoms with Crippen LogP contribution in [0.25, 0.3) is 10.2 Å². The zero-order chi connectivity index (χ0) is 20.8. The molecule has 2 aliphatic rings. The van der Waals surface area contributed by atoms with Gasteiger partial charge in [0.1, 0.15) is 15.6 Å². The number of aryl methyl sites for hydroxylation is 3. The van der Waals surface area contributed by atoms with Crippen LogP contribution in [0.1, 0.15) is 50.5 Å². The molecule has 0 saturated heterocycles. The van der Waals surface area contributed by atoms with E-state index in [-0.39, 0.29) is 11.7 Å². The lowest BCUT2D eigenvalue weighted by Gasteiger charge is -2.10. The van der Waals surface area contributed by atoms with Gasteiger partial charge in [-0.15, -0.1) is 22.7 Å². The van der Waals surface area contributed by atoms with Crippen LogP contribution in [0.15, 0.2) is 5.16 Å². The molecule has 0 aliphatic heterocycles. The van der Waals surface area contributed by atoms with E-state index in [2.05, 4.69) is 15.3 Å². The second kappa shape index (κ2) is 7.82. The first kappa shape index (κ1) is 19.8. The number of nitrogens with zero attached hydrogens (tertiary/aromatic N) is 2. The molecule has 156 valence electrons. The number of nitrogens with two attached hydrogens (primary N) is 2. The van der Waals surface area contributed by atoms with E-state index < -0.39 is 5.91 Å². The first-order valence-electron chi connectivity index (χ1n) is 9.96. The lowest BCUT2D eigenvalue weighted by Crippen LogP contribution is -2.19. The van der Waals surface area contributed by atoms with Crippen molar-refractivity contribution >= 4 is 67.3 Å². The Bertz CT molecular complexity index is 1180. The Morgan fingerprint density at radius 3 is 2.57 bits per heavy atom. The highest BCUT2D eigenvalue weighted by molar-refractivity contribution is 7.99. The Morgan fingerprint density at radius 2 is 1.73 bits per heavy atom. The van der Waals surface area contributed by atoms with Gasteiger partial charge < -0.3 is 16.8 Å². The standard InChI is InChI=1S/C20H21N5O2S3/c21-16-14-9-4-1-2-6-11(9)29-18(14)25-20(24-16)28-8-13(26)23-19-15(17(22)27)10-5-3-7-12(10)30-19/h1-8H2,(H2,22,27)(H,23,26)(H2,21,24,25). The molecule has 0 aromatic carbocycles. The van der Waals surface area contributed by atoms with E-state index in [1.807, 2.05) is 0 Å². The number of amides is 2. The number of fused-ring (bicyclic) bond motifs is 4. The van der Waals surface area contributed by atoms with Crippen molar-refractivity contribution in [2.24, 2.45) is 5.73 Å². The number of anilines is 2. The Hall–Kier alpha value is -2.17. The van der Waals surface area contributed by atoms with Crippen LogP contribution in [0.4, 0.5) is 10.8 Å². The van der Waals surface area contributed by atoms with Crippen LogP contribution >= 0.6 is 34.4 Å². The maximum Gasteiger partial charge on any atom is 0.251 e. The van der Waals surface area contributed by atoms with Gasteiger partial charge in [-0.2, -0.15) is 0 Å². The van der Waals surface area contributed by atoms with E-state index >= 15 is 0 Å². The third-order valence-electron chi connectivity index (χ3n) is 5.58. The maximum atomic E-state index is 12.5. The van der Waals surface area contributed by atoms with Crippen molar-refractivity contribution in [3.63, 3.8) is 0 Å². The number of rotatable bonds is 5. The minimum absolute atomic E-state index is 0.136. The average Bonchev–Trinajstić information content (AvgIpc) is 3.38. The summed E-state index contributed by atoms with van der Waals surface area (Å²) < 4.78 is 0. The molecule has 0 atom stereocenters. The van der Waals surface area contributed by atoms with Crippen LogP contribution in [0, 0.1) is 0 Å². The molecule has 5 N–H and O–H groups in total. The van der Waals surface area contributed by atoms with E-state index in [0.717, 1.165) is 52.8 Å². The zero-order valence-corrected chi connectivity index (χ0v) is 18.7. The van der Waals surface area contributed by atoms with Gasteiger partial charge in [0, 0.05) is 9.75 Å². The van der Waals surface area contributed by atoms with Crippen LogP contribution in [0.5, 0.6) is 0 Å². The maximum absolute atomic E-state index is 12.5. The normalized spacial score (nSPS) is 15.2. The van der Waals surface area contributed by atoms with Crippen LogP contribution in [0.3, 0.4) is 0 Å². The van der Waals surface area contributed by atoms with E-state index in [9.17, 15) is 9.59 Å². The molecule has 3 aromatic rings. The first-order chi connectivity index (χ1) is 14.5. The summed E-state index contributed by atoms with van der Waals surface area (Å²) in [5, 5.41) is 4.90. The van der Waals surface area contributed by atoms with E-state index in [1.165, 1.54) is 46.4 Å². The third-order valence-corrected chi connectivity index (χ3v) is 8.82. The summed E-state index contributed by atoms with van der Waals surface area (Å²) in [5.74, 6) is -0.0691. The van der Waals surface area contributed by atoms with Crippen molar-refractivity contribution in [3.8, 4) is 0 Å². The highest BCUT2D eigenvalue weighted by Gasteiger charge is 2.26. The fourth-order valence-electron chi connectivity index (χ4n) is 4.28. The van der Waals surface area contributed by atoms with E-state index in [4.69, 9.17) is 11.5 Å². The van der Waals surface area contributed by atoms with Crippen LogP contribution in [-0.2, 0) is 30.5 Å². The predicted octanol–water partition coefficient (Wildman–Crippen LogP) is 3.53. The second-order valence-electron chi connectivity index (χ2n) is 7.55. The molecule has 30 heavy (non-hydrogen) atoms. The predicted molar refractivity (Wildman–Crippen MR) is 123 cm³/mol. The Labute approximate surface area is 185 Å². The lowest BCUT2D eigenvalue weighted by molar-refractivity contribution is -0.113. The summed E-state index contributed by atoms with van der Waals surface area (Å²) in [7, 11) is 0. The van der Waals surface area contributed by atoms with Gasteiger partial charge in [-0.25, -0.2) is 9.97 Å². The summed E-state index contributed by atoms with van der Waals surface area (Å²) in [6.07, 6.45) is 7.29. The van der Waals surface area contributed by atoms with Crippen LogP contribution < -0.4 is 16.8 Å². The molecule has 10 heteroatoms. The molecule has 0 fully saturated rings. The van der Waals surface area contributed by atoms with Crippen LogP contribution in [0.2, 0.25) is 0 Å². The summed E-state index contributed by atoms with van der Waals surface area (Å²) in [6, 6.07) is 0. The minimum atomic E-state index is -0.486. The van der Waals surface area contributed by atoms with Gasteiger partial charge in [-0.1, -0.05) is 11.8 Å². The summed E-state index contributed by atoms with van der Waals surface area (Å²) in [5.41, 5.74) is 14.6. The van der Waals surface area contributed by atoms with Gasteiger partial charge in [0.2, 0.25) is 5.91 Å². The average molecular weight is 460 g/mol. The number of hydrogen-bond donors (Lipinski definition) is 3. The molecule has 2 aliphatic carbocycles. The topological polar surface area (TPSA) is 124 Å². The highest BCUT2D eigenvalue weighted by atomic mass is 32.2. The Morgan fingerprint density at radius 1 is 1.00 bits per heavy atom. The highest BCUT2D eigenvalue weighted by Crippen LogP contribution is 2.40. The molecule has 0 spiro atoms. The van der Waals surface area contributed by atoms with E-state index in [0.29, 0.717) is 21.5 Å². The summed E-state index contributed by atoms with van der Waals surface area (Å²) >= 11 is 4.39. The van der Waals surface area contributed by atoms with Crippen molar-refractivity contribution in [2.75, 3.05) is 16.8 Å². The van der Waals surface area contributed by atoms with Gasteiger partial charge in [-0.3, -0.25) is 9.59 Å². The molecule has 0 unspecified atom stereocenters. The molecule has 0 saturated carbocycles. The van der Waals surface area contributed by atoms with E-state index in [1.54, 1.807) is 11.3 Å². The fourth-order valence-corrected chi connectivity index (χ4v) is 7.56. The number of hydrogen-bond acceptors (Lipinski definition) is 8. The summed E-state index contributed by atoms with van der Waals surface area (Å²) in [4.78, 5) is 36.9. The largest absolute Gasteiger partial charge is 0.383 e. The van der Waals surface area contributed by atoms with Gasteiger partial charge in [-0.05, 0) is 56.1 Å². The molecule has 3 heterocycles. The molecule has 3 aromatic heterocycles. The number of aromatic nitrogens is 2. The van der Waals surface area contributed by atoms with Crippen molar-refractivity contribution in [1.29, 1.82) is 0 Å². The number of nitrogens with one attached hydrogen (secondary N) is 1. The molecule has 0 bridgehead atoms. The quantitative estimate of drug-likeness (QED) is 0.396. The molecule has 5 rings (SSSR count).